The van der Waals surface area contributed by atoms with Crippen molar-refractivity contribution < 1.29 is 14.6 Å². The van der Waals surface area contributed by atoms with Gasteiger partial charge in [0.25, 0.3) is 5.91 Å². The number of rotatable bonds is 8. The van der Waals surface area contributed by atoms with Crippen molar-refractivity contribution in [2.45, 2.75) is 70.9 Å². The maximum absolute atomic E-state index is 12.5. The van der Waals surface area contributed by atoms with Crippen LogP contribution < -0.4 is 5.32 Å². The maximum Gasteiger partial charge on any atom is 0.253 e. The van der Waals surface area contributed by atoms with Crippen molar-refractivity contribution in [2.24, 2.45) is 5.92 Å². The number of carbonyl (C=O) groups is 1. The van der Waals surface area contributed by atoms with Crippen LogP contribution in [0.15, 0.2) is 6.07 Å². The van der Waals surface area contributed by atoms with Crippen LogP contribution >= 0.6 is 0 Å². The number of aliphatic hydroxyl groups excluding tert-OH is 1. The molecule has 1 unspecified atom stereocenters. The SMILES string of the molecule is Cc1cc(C(=O)NCC(O)COCC2CC2)c(C)n1C1CCCCC1. The van der Waals surface area contributed by atoms with E-state index in [1.54, 1.807) is 0 Å². The number of amides is 1. The zero-order valence-corrected chi connectivity index (χ0v) is 15.6. The van der Waals surface area contributed by atoms with Crippen molar-refractivity contribution in [1.82, 2.24) is 9.88 Å². The van der Waals surface area contributed by atoms with E-state index < -0.39 is 6.10 Å². The van der Waals surface area contributed by atoms with Crippen LogP contribution in [0.4, 0.5) is 0 Å². The van der Waals surface area contributed by atoms with Gasteiger partial charge in [-0.15, -0.1) is 0 Å². The molecule has 2 aliphatic rings. The third-order valence-electron chi connectivity index (χ3n) is 5.53. The third-order valence-corrected chi connectivity index (χ3v) is 5.53. The Kier molecular flexibility index (Phi) is 6.18. The summed E-state index contributed by atoms with van der Waals surface area (Å²) in [4.78, 5) is 12.5. The van der Waals surface area contributed by atoms with Gasteiger partial charge in [0.15, 0.2) is 0 Å². The molecular weight excluding hydrogens is 316 g/mol. The highest BCUT2D eigenvalue weighted by Crippen LogP contribution is 2.32. The van der Waals surface area contributed by atoms with Gasteiger partial charge in [-0.25, -0.2) is 0 Å². The molecular formula is C20H32N2O3. The number of hydrogen-bond acceptors (Lipinski definition) is 3. The number of aliphatic hydroxyl groups is 1. The highest BCUT2D eigenvalue weighted by atomic mass is 16.5. The van der Waals surface area contributed by atoms with Gasteiger partial charge >= 0.3 is 0 Å². The van der Waals surface area contributed by atoms with Gasteiger partial charge in [-0.1, -0.05) is 19.3 Å². The predicted molar refractivity (Wildman–Crippen MR) is 97.9 cm³/mol. The van der Waals surface area contributed by atoms with E-state index in [1.807, 2.05) is 13.0 Å². The summed E-state index contributed by atoms with van der Waals surface area (Å²) in [5.74, 6) is 0.586. The van der Waals surface area contributed by atoms with Crippen LogP contribution in [-0.4, -0.2) is 41.4 Å². The number of aryl methyl sites for hydroxylation is 1. The molecule has 140 valence electrons. The molecule has 5 heteroatoms. The van der Waals surface area contributed by atoms with E-state index in [1.165, 1.54) is 44.9 Å². The van der Waals surface area contributed by atoms with E-state index in [-0.39, 0.29) is 19.1 Å². The maximum atomic E-state index is 12.5. The van der Waals surface area contributed by atoms with Crippen molar-refractivity contribution in [1.29, 1.82) is 0 Å². The second-order valence-corrected chi connectivity index (χ2v) is 7.79. The first-order valence-electron chi connectivity index (χ1n) is 9.78. The van der Waals surface area contributed by atoms with E-state index in [2.05, 4.69) is 16.8 Å². The smallest absolute Gasteiger partial charge is 0.253 e. The molecule has 0 spiro atoms. The number of hydrogen-bond donors (Lipinski definition) is 2. The van der Waals surface area contributed by atoms with Gasteiger partial charge in [-0.2, -0.15) is 0 Å². The Labute approximate surface area is 150 Å². The van der Waals surface area contributed by atoms with Gasteiger partial charge in [-0.05, 0) is 51.5 Å². The van der Waals surface area contributed by atoms with Crippen molar-refractivity contribution in [3.05, 3.63) is 23.0 Å². The number of carbonyl (C=O) groups excluding carboxylic acids is 1. The minimum Gasteiger partial charge on any atom is -0.389 e. The monoisotopic (exact) mass is 348 g/mol. The standard InChI is InChI=1S/C20H32N2O3/c1-14-10-19(15(2)22(14)17-6-4-3-5-7-17)20(24)21-11-18(23)13-25-12-16-8-9-16/h10,16-18,23H,3-9,11-13H2,1-2H3,(H,21,24). The van der Waals surface area contributed by atoms with Crippen molar-refractivity contribution in [3.63, 3.8) is 0 Å². The van der Waals surface area contributed by atoms with Crippen LogP contribution in [0.2, 0.25) is 0 Å². The van der Waals surface area contributed by atoms with E-state index in [4.69, 9.17) is 4.74 Å². The van der Waals surface area contributed by atoms with E-state index in [0.29, 0.717) is 12.0 Å². The topological polar surface area (TPSA) is 63.5 Å². The summed E-state index contributed by atoms with van der Waals surface area (Å²) in [7, 11) is 0. The molecule has 2 fully saturated rings. The molecule has 3 rings (SSSR count). The molecule has 2 saturated carbocycles. The largest absolute Gasteiger partial charge is 0.389 e. The Balaban J connectivity index is 1.52. The minimum absolute atomic E-state index is 0.101. The number of aromatic nitrogens is 1. The lowest BCUT2D eigenvalue weighted by Gasteiger charge is -2.26. The quantitative estimate of drug-likeness (QED) is 0.759. The molecule has 1 atom stereocenters. The van der Waals surface area contributed by atoms with Crippen LogP contribution in [0.1, 0.15) is 72.7 Å². The van der Waals surface area contributed by atoms with E-state index in [9.17, 15) is 9.90 Å². The predicted octanol–water partition coefficient (Wildman–Crippen LogP) is 3.13. The first-order chi connectivity index (χ1) is 12.1. The molecule has 0 aliphatic heterocycles. The summed E-state index contributed by atoms with van der Waals surface area (Å²) >= 11 is 0. The van der Waals surface area contributed by atoms with Crippen molar-refractivity contribution in [2.75, 3.05) is 19.8 Å². The van der Waals surface area contributed by atoms with Crippen LogP contribution in [0, 0.1) is 19.8 Å². The van der Waals surface area contributed by atoms with Crippen molar-refractivity contribution >= 4 is 5.91 Å². The summed E-state index contributed by atoms with van der Waals surface area (Å²) in [5, 5.41) is 12.8. The Hall–Kier alpha value is -1.33. The zero-order valence-electron chi connectivity index (χ0n) is 15.6. The molecule has 1 aromatic rings. The van der Waals surface area contributed by atoms with Crippen LogP contribution in [-0.2, 0) is 4.74 Å². The fraction of sp³-hybridized carbons (Fsp3) is 0.750. The number of nitrogens with zero attached hydrogens (tertiary/aromatic N) is 1. The summed E-state index contributed by atoms with van der Waals surface area (Å²) in [6.45, 7) is 5.37. The Morgan fingerprint density at radius 2 is 2.00 bits per heavy atom. The summed E-state index contributed by atoms with van der Waals surface area (Å²) in [6, 6.07) is 2.51. The lowest BCUT2D eigenvalue weighted by molar-refractivity contribution is 0.0320. The molecule has 5 nitrogen and oxygen atoms in total. The highest BCUT2D eigenvalue weighted by molar-refractivity contribution is 5.95. The molecule has 2 aliphatic carbocycles. The first-order valence-corrected chi connectivity index (χ1v) is 9.78. The Bertz CT molecular complexity index is 586. The van der Waals surface area contributed by atoms with Crippen LogP contribution in [0.5, 0.6) is 0 Å². The normalized spacial score (nSPS) is 19.8. The minimum atomic E-state index is -0.649. The molecule has 0 bridgehead atoms. The average molecular weight is 348 g/mol. The summed E-state index contributed by atoms with van der Waals surface area (Å²) in [6.07, 6.45) is 8.11. The van der Waals surface area contributed by atoms with Gasteiger partial charge in [0.05, 0.1) is 18.3 Å². The van der Waals surface area contributed by atoms with Crippen molar-refractivity contribution in [3.8, 4) is 0 Å². The van der Waals surface area contributed by atoms with Gasteiger partial charge in [0.2, 0.25) is 0 Å². The molecule has 0 radical (unpaired) electrons. The molecule has 1 amide bonds. The molecule has 0 saturated heterocycles. The second-order valence-electron chi connectivity index (χ2n) is 7.79. The lowest BCUT2D eigenvalue weighted by Crippen LogP contribution is -2.35. The molecule has 25 heavy (non-hydrogen) atoms. The molecule has 0 aromatic carbocycles. The summed E-state index contributed by atoms with van der Waals surface area (Å²) < 4.78 is 7.81. The van der Waals surface area contributed by atoms with E-state index >= 15 is 0 Å². The molecule has 1 heterocycles. The third kappa shape index (κ3) is 4.85. The van der Waals surface area contributed by atoms with Gasteiger partial charge in [-0.3, -0.25) is 4.79 Å². The van der Waals surface area contributed by atoms with Crippen LogP contribution in [0.3, 0.4) is 0 Å². The Morgan fingerprint density at radius 3 is 2.68 bits per heavy atom. The van der Waals surface area contributed by atoms with Gasteiger partial charge < -0.3 is 19.7 Å². The van der Waals surface area contributed by atoms with Gasteiger partial charge in [0, 0.05) is 30.6 Å². The highest BCUT2D eigenvalue weighted by Gasteiger charge is 2.23. The molecule has 2 N–H and O–H groups in total. The van der Waals surface area contributed by atoms with Crippen LogP contribution in [0.25, 0.3) is 0 Å². The fourth-order valence-electron chi connectivity index (χ4n) is 3.93. The second kappa shape index (κ2) is 8.37. The fourth-order valence-corrected chi connectivity index (χ4v) is 3.93. The number of nitrogens with one attached hydrogen (secondary N) is 1. The number of ether oxygens (including phenoxy) is 1. The van der Waals surface area contributed by atoms with E-state index in [0.717, 1.165) is 23.6 Å². The zero-order chi connectivity index (χ0) is 17.8. The lowest BCUT2D eigenvalue weighted by atomic mass is 9.95. The van der Waals surface area contributed by atoms with Gasteiger partial charge in [0.1, 0.15) is 0 Å². The first kappa shape index (κ1) is 18.5. The molecule has 1 aromatic heterocycles. The Morgan fingerprint density at radius 1 is 1.28 bits per heavy atom. The summed E-state index contributed by atoms with van der Waals surface area (Å²) in [5.41, 5.74) is 2.93. The average Bonchev–Trinajstić information content (AvgIpc) is 3.38.